The summed E-state index contributed by atoms with van der Waals surface area (Å²) in [5, 5.41) is 4.35. The second-order valence-electron chi connectivity index (χ2n) is 6.15. The first-order valence-electron chi connectivity index (χ1n) is 8.72. The Morgan fingerprint density at radius 2 is 1.69 bits per heavy atom. The van der Waals surface area contributed by atoms with Crippen LogP contribution >= 0.6 is 0 Å². The number of benzene rings is 2. The van der Waals surface area contributed by atoms with E-state index >= 15 is 0 Å². The summed E-state index contributed by atoms with van der Waals surface area (Å²) in [5.41, 5.74) is 1.13. The fraction of sp³-hybridized carbons (Fsp3) is 0.150. The van der Waals surface area contributed by atoms with Crippen LogP contribution in [0.1, 0.15) is 33.0 Å². The molecule has 2 aromatic carbocycles. The van der Waals surface area contributed by atoms with E-state index in [4.69, 9.17) is 14.1 Å². The monoisotopic (exact) mass is 393 g/mol. The highest BCUT2D eigenvalue weighted by atomic mass is 16.7. The van der Waals surface area contributed by atoms with E-state index in [2.05, 4.69) is 10.1 Å². The van der Waals surface area contributed by atoms with Crippen LogP contribution in [0.2, 0.25) is 0 Å². The summed E-state index contributed by atoms with van der Waals surface area (Å²) in [5.74, 6) is -0.791. The maximum Gasteiger partial charge on any atom is 0.333 e. The minimum absolute atomic E-state index is 0.102. The van der Waals surface area contributed by atoms with Crippen LogP contribution in [0, 0.1) is 0 Å². The van der Waals surface area contributed by atoms with Crippen LogP contribution in [0.5, 0.6) is 5.75 Å². The molecule has 0 bridgehead atoms. The van der Waals surface area contributed by atoms with Crippen LogP contribution in [-0.4, -0.2) is 40.1 Å². The van der Waals surface area contributed by atoms with Crippen molar-refractivity contribution in [3.63, 3.8) is 0 Å². The highest BCUT2D eigenvalue weighted by molar-refractivity contribution is 6.20. The number of imide groups is 1. The fourth-order valence-corrected chi connectivity index (χ4v) is 2.82. The van der Waals surface area contributed by atoms with Gasteiger partial charge in [0.15, 0.2) is 0 Å². The predicted molar refractivity (Wildman–Crippen MR) is 97.6 cm³/mol. The largest absolute Gasteiger partial charge is 0.497 e. The van der Waals surface area contributed by atoms with Crippen molar-refractivity contribution in [1.82, 2.24) is 15.2 Å². The van der Waals surface area contributed by atoms with E-state index in [9.17, 15) is 14.4 Å². The van der Waals surface area contributed by atoms with Gasteiger partial charge in [-0.25, -0.2) is 4.79 Å². The number of methoxy groups -OCH3 is 1. The number of rotatable bonds is 6. The van der Waals surface area contributed by atoms with Crippen LogP contribution in [0.3, 0.4) is 0 Å². The molecule has 9 nitrogen and oxygen atoms in total. The zero-order valence-electron chi connectivity index (χ0n) is 15.3. The normalized spacial score (nSPS) is 12.8. The van der Waals surface area contributed by atoms with Crippen molar-refractivity contribution in [1.29, 1.82) is 0 Å². The van der Waals surface area contributed by atoms with Crippen molar-refractivity contribution in [3.8, 4) is 17.1 Å². The molecule has 0 saturated heterocycles. The van der Waals surface area contributed by atoms with Gasteiger partial charge in [-0.2, -0.15) is 4.98 Å². The maximum atomic E-state index is 12.2. The molecule has 0 fully saturated rings. The van der Waals surface area contributed by atoms with E-state index in [1.165, 1.54) is 12.1 Å². The van der Waals surface area contributed by atoms with Gasteiger partial charge in [0.05, 0.1) is 24.7 Å². The van der Waals surface area contributed by atoms with Crippen molar-refractivity contribution >= 4 is 17.8 Å². The molecule has 146 valence electrons. The summed E-state index contributed by atoms with van der Waals surface area (Å²) >= 11 is 0. The third kappa shape index (κ3) is 3.57. The molecule has 4 rings (SSSR count). The second kappa shape index (κ2) is 7.55. The molecule has 0 radical (unpaired) electrons. The van der Waals surface area contributed by atoms with Gasteiger partial charge in [-0.1, -0.05) is 22.4 Å². The van der Waals surface area contributed by atoms with Gasteiger partial charge in [0.1, 0.15) is 5.75 Å². The zero-order chi connectivity index (χ0) is 20.4. The fourth-order valence-electron chi connectivity index (χ4n) is 2.82. The zero-order valence-corrected chi connectivity index (χ0v) is 15.3. The lowest BCUT2D eigenvalue weighted by Crippen LogP contribution is -2.32. The molecule has 0 unspecified atom stereocenters. The molecule has 9 heteroatoms. The van der Waals surface area contributed by atoms with Gasteiger partial charge < -0.3 is 14.1 Å². The Morgan fingerprint density at radius 1 is 1.03 bits per heavy atom. The standard InChI is InChI=1S/C20H15N3O6/c1-27-13-8-6-12(7-9-13)18-21-16(28-22-18)10-11-17(24)29-23-19(25)14-4-2-3-5-15(14)20(23)26/h2-9H,10-11H2,1H3. The van der Waals surface area contributed by atoms with Crippen molar-refractivity contribution < 1.29 is 28.5 Å². The number of hydrogen-bond acceptors (Lipinski definition) is 8. The van der Waals surface area contributed by atoms with Crippen LogP contribution in [-0.2, 0) is 16.1 Å². The Balaban J connectivity index is 1.35. The van der Waals surface area contributed by atoms with Gasteiger partial charge in [0.25, 0.3) is 11.8 Å². The summed E-state index contributed by atoms with van der Waals surface area (Å²) in [6.07, 6.45) is -0.0389. The predicted octanol–water partition coefficient (Wildman–Crippen LogP) is 2.43. The first-order chi connectivity index (χ1) is 14.1. The van der Waals surface area contributed by atoms with E-state index in [1.54, 1.807) is 43.5 Å². The SMILES string of the molecule is COc1ccc(-c2noc(CCC(=O)ON3C(=O)c4ccccc4C3=O)n2)cc1. The first kappa shape index (κ1) is 18.4. The second-order valence-corrected chi connectivity index (χ2v) is 6.15. The molecule has 0 saturated carbocycles. The van der Waals surface area contributed by atoms with Crippen LogP contribution in [0.4, 0.5) is 0 Å². The van der Waals surface area contributed by atoms with E-state index < -0.39 is 17.8 Å². The molecular weight excluding hydrogens is 378 g/mol. The number of carbonyl (C=O) groups is 3. The number of hydroxylamine groups is 2. The minimum Gasteiger partial charge on any atom is -0.497 e. The molecular formula is C20H15N3O6. The Hall–Kier alpha value is -4.01. The number of nitrogens with zero attached hydrogens (tertiary/aromatic N) is 3. The number of aromatic nitrogens is 2. The molecule has 0 atom stereocenters. The van der Waals surface area contributed by atoms with E-state index in [1.807, 2.05) is 0 Å². The Bertz CT molecular complexity index is 1050. The molecule has 3 aromatic rings. The van der Waals surface area contributed by atoms with Crippen molar-refractivity contribution in [2.45, 2.75) is 12.8 Å². The number of carbonyl (C=O) groups excluding carboxylic acids is 3. The molecule has 2 heterocycles. The van der Waals surface area contributed by atoms with E-state index in [0.717, 1.165) is 5.56 Å². The van der Waals surface area contributed by atoms with Gasteiger partial charge in [0.2, 0.25) is 11.7 Å². The lowest BCUT2D eigenvalue weighted by molar-refractivity contribution is -0.168. The van der Waals surface area contributed by atoms with E-state index in [0.29, 0.717) is 16.6 Å². The molecule has 0 N–H and O–H groups in total. The number of fused-ring (bicyclic) bond motifs is 1. The average Bonchev–Trinajstić information content (AvgIpc) is 3.32. The lowest BCUT2D eigenvalue weighted by Gasteiger charge is -2.12. The molecule has 0 spiro atoms. The summed E-state index contributed by atoms with van der Waals surface area (Å²) in [7, 11) is 1.57. The lowest BCUT2D eigenvalue weighted by atomic mass is 10.1. The topological polar surface area (TPSA) is 112 Å². The Kier molecular flexibility index (Phi) is 4.78. The third-order valence-electron chi connectivity index (χ3n) is 4.31. The van der Waals surface area contributed by atoms with Gasteiger partial charge in [-0.05, 0) is 36.4 Å². The highest BCUT2D eigenvalue weighted by Gasteiger charge is 2.38. The Labute approximate surface area is 164 Å². The molecule has 2 amide bonds. The van der Waals surface area contributed by atoms with Crippen molar-refractivity contribution in [3.05, 3.63) is 65.5 Å². The summed E-state index contributed by atoms with van der Waals surface area (Å²) in [6.45, 7) is 0. The molecule has 0 aliphatic carbocycles. The van der Waals surface area contributed by atoms with Crippen molar-refractivity contribution in [2.24, 2.45) is 0 Å². The van der Waals surface area contributed by atoms with Crippen LogP contribution in [0.25, 0.3) is 11.4 Å². The van der Waals surface area contributed by atoms with Gasteiger partial charge >= 0.3 is 5.97 Å². The number of aryl methyl sites for hydroxylation is 1. The first-order valence-corrected chi connectivity index (χ1v) is 8.72. The van der Waals surface area contributed by atoms with Crippen LogP contribution in [0.15, 0.2) is 53.1 Å². The van der Waals surface area contributed by atoms with Gasteiger partial charge in [0, 0.05) is 12.0 Å². The van der Waals surface area contributed by atoms with Crippen LogP contribution < -0.4 is 4.74 Å². The summed E-state index contributed by atoms with van der Waals surface area (Å²) < 4.78 is 10.2. The molecule has 29 heavy (non-hydrogen) atoms. The quantitative estimate of drug-likeness (QED) is 0.587. The van der Waals surface area contributed by atoms with Gasteiger partial charge in [-0.3, -0.25) is 9.59 Å². The van der Waals surface area contributed by atoms with Crippen molar-refractivity contribution in [2.75, 3.05) is 7.11 Å². The molecule has 1 aliphatic heterocycles. The summed E-state index contributed by atoms with van der Waals surface area (Å²) in [6, 6.07) is 13.4. The minimum atomic E-state index is -0.760. The average molecular weight is 393 g/mol. The van der Waals surface area contributed by atoms with Gasteiger partial charge in [-0.15, -0.1) is 0 Å². The maximum absolute atomic E-state index is 12.2. The third-order valence-corrected chi connectivity index (χ3v) is 4.31. The number of ether oxygens (including phenoxy) is 1. The summed E-state index contributed by atoms with van der Waals surface area (Å²) in [4.78, 5) is 45.7. The Morgan fingerprint density at radius 3 is 2.31 bits per heavy atom. The molecule has 1 aliphatic rings. The highest BCUT2D eigenvalue weighted by Crippen LogP contribution is 2.23. The smallest absolute Gasteiger partial charge is 0.333 e. The van der Waals surface area contributed by atoms with E-state index in [-0.39, 0.29) is 29.9 Å². The number of amides is 2. The number of hydrogen-bond donors (Lipinski definition) is 0. The molecule has 1 aromatic heterocycles.